The second-order valence-corrected chi connectivity index (χ2v) is 11.7. The van der Waals surface area contributed by atoms with Crippen LogP contribution in [0.15, 0.2) is 35.7 Å². The van der Waals surface area contributed by atoms with Crippen LogP contribution in [0.5, 0.6) is 11.5 Å². The summed E-state index contributed by atoms with van der Waals surface area (Å²) in [6, 6.07) is 10.1. The Kier molecular flexibility index (Phi) is 7.13. The van der Waals surface area contributed by atoms with Crippen LogP contribution in [0.25, 0.3) is 21.7 Å². The van der Waals surface area contributed by atoms with Crippen LogP contribution in [0.2, 0.25) is 0 Å². The van der Waals surface area contributed by atoms with Crippen LogP contribution >= 0.6 is 11.3 Å². The first-order chi connectivity index (χ1) is 18.2. The van der Waals surface area contributed by atoms with Gasteiger partial charge in [-0.15, -0.1) is 11.3 Å². The summed E-state index contributed by atoms with van der Waals surface area (Å²) in [5, 5.41) is 5.00. The fraction of sp³-hybridized carbons (Fsp3) is 0.448. The number of nitrogens with one attached hydrogen (secondary N) is 1. The minimum Gasteiger partial charge on any atom is -0.493 e. The number of nitrogens with zero attached hydrogens (tertiary/aromatic N) is 2. The number of ether oxygens (including phenoxy) is 3. The number of carbonyl (C=O) groups is 2. The average molecular weight is 538 g/mol. The topological polar surface area (TPSA) is 82.0 Å². The van der Waals surface area contributed by atoms with Crippen molar-refractivity contribution in [1.29, 1.82) is 0 Å². The van der Waals surface area contributed by atoms with Crippen LogP contribution in [-0.2, 0) is 17.7 Å². The fourth-order valence-electron chi connectivity index (χ4n) is 5.36. The third-order valence-electron chi connectivity index (χ3n) is 7.00. The first kappa shape index (κ1) is 26.2. The number of rotatable bonds is 5. The standard InChI is InChI=1S/C29H35N3O5S/c1-29(2,3)37-28(34)30-19-8-6-11-31(17-19)27(33)22-15-21(25-9-7-13-38-25)26-20-16-24(36-5)23(35-4)14-18(20)10-12-32(22)26/h7,9,13-16,19H,6,8,10-12,17H2,1-5H3,(H,30,34). The Bertz CT molecular complexity index is 1340. The first-order valence-corrected chi connectivity index (χ1v) is 13.9. The average Bonchev–Trinajstić information content (AvgIpc) is 3.54. The number of fused-ring (bicyclic) bond motifs is 3. The summed E-state index contributed by atoms with van der Waals surface area (Å²) in [5.41, 5.74) is 4.39. The molecule has 2 amide bonds. The van der Waals surface area contributed by atoms with Crippen molar-refractivity contribution in [3.63, 3.8) is 0 Å². The van der Waals surface area contributed by atoms with Crippen LogP contribution in [0.1, 0.15) is 49.7 Å². The van der Waals surface area contributed by atoms with Gasteiger partial charge in [0.25, 0.3) is 5.91 Å². The summed E-state index contributed by atoms with van der Waals surface area (Å²) in [7, 11) is 3.28. The molecule has 0 bridgehead atoms. The van der Waals surface area contributed by atoms with Gasteiger partial charge in [0.15, 0.2) is 11.5 Å². The number of hydrogen-bond acceptors (Lipinski definition) is 6. The quantitative estimate of drug-likeness (QED) is 0.459. The van der Waals surface area contributed by atoms with Crippen LogP contribution in [0.4, 0.5) is 4.79 Å². The number of piperidine rings is 1. The number of alkyl carbamates (subject to hydrolysis) is 1. The van der Waals surface area contributed by atoms with Gasteiger partial charge < -0.3 is 29.0 Å². The van der Waals surface area contributed by atoms with Crippen molar-refractivity contribution in [3.05, 3.63) is 47.0 Å². The molecule has 1 N–H and O–H groups in total. The van der Waals surface area contributed by atoms with Gasteiger partial charge >= 0.3 is 6.09 Å². The molecular formula is C29H35N3O5S. The maximum absolute atomic E-state index is 14.0. The molecule has 1 saturated heterocycles. The maximum Gasteiger partial charge on any atom is 0.407 e. The molecule has 2 aliphatic heterocycles. The van der Waals surface area contributed by atoms with Gasteiger partial charge in [-0.25, -0.2) is 4.79 Å². The largest absolute Gasteiger partial charge is 0.493 e. The second-order valence-electron chi connectivity index (χ2n) is 10.8. The van der Waals surface area contributed by atoms with E-state index in [0.717, 1.165) is 41.0 Å². The minimum atomic E-state index is -0.569. The van der Waals surface area contributed by atoms with Gasteiger partial charge in [0.05, 0.1) is 19.9 Å². The molecule has 0 spiro atoms. The molecule has 202 valence electrons. The Morgan fingerprint density at radius 3 is 2.50 bits per heavy atom. The summed E-state index contributed by atoms with van der Waals surface area (Å²) in [6.45, 7) is 7.32. The Labute approximate surface area is 227 Å². The second kappa shape index (κ2) is 10.4. The Morgan fingerprint density at radius 1 is 1.05 bits per heavy atom. The van der Waals surface area contributed by atoms with Gasteiger partial charge in [-0.2, -0.15) is 0 Å². The van der Waals surface area contributed by atoms with Crippen LogP contribution in [0, 0.1) is 0 Å². The molecule has 9 heteroatoms. The van der Waals surface area contributed by atoms with E-state index in [0.29, 0.717) is 36.8 Å². The van der Waals surface area contributed by atoms with E-state index < -0.39 is 11.7 Å². The highest BCUT2D eigenvalue weighted by molar-refractivity contribution is 7.13. The predicted octanol–water partition coefficient (Wildman–Crippen LogP) is 5.59. The van der Waals surface area contributed by atoms with Crippen molar-refractivity contribution in [3.8, 4) is 33.2 Å². The maximum atomic E-state index is 14.0. The molecule has 0 saturated carbocycles. The third-order valence-corrected chi connectivity index (χ3v) is 7.90. The molecular weight excluding hydrogens is 502 g/mol. The highest BCUT2D eigenvalue weighted by Crippen LogP contribution is 2.45. The molecule has 1 fully saturated rings. The summed E-state index contributed by atoms with van der Waals surface area (Å²) < 4.78 is 18.8. The van der Waals surface area contributed by atoms with E-state index in [1.807, 2.05) is 49.9 Å². The molecule has 1 unspecified atom stereocenters. The lowest BCUT2D eigenvalue weighted by Crippen LogP contribution is -2.50. The van der Waals surface area contributed by atoms with Crippen molar-refractivity contribution in [2.45, 2.75) is 58.2 Å². The van der Waals surface area contributed by atoms with E-state index in [4.69, 9.17) is 14.2 Å². The monoisotopic (exact) mass is 537 g/mol. The lowest BCUT2D eigenvalue weighted by atomic mass is 9.95. The van der Waals surface area contributed by atoms with E-state index in [-0.39, 0.29) is 11.9 Å². The van der Waals surface area contributed by atoms with Gasteiger partial charge in [-0.1, -0.05) is 6.07 Å². The molecule has 0 aliphatic carbocycles. The van der Waals surface area contributed by atoms with Crippen LogP contribution in [0.3, 0.4) is 0 Å². The zero-order valence-electron chi connectivity index (χ0n) is 22.6. The smallest absolute Gasteiger partial charge is 0.407 e. The molecule has 2 aromatic heterocycles. The number of carbonyl (C=O) groups excluding carboxylic acids is 2. The first-order valence-electron chi connectivity index (χ1n) is 13.0. The number of benzene rings is 1. The van der Waals surface area contributed by atoms with Crippen molar-refractivity contribution < 1.29 is 23.8 Å². The highest BCUT2D eigenvalue weighted by Gasteiger charge is 2.32. The van der Waals surface area contributed by atoms with Crippen LogP contribution in [-0.4, -0.2) is 60.4 Å². The zero-order chi connectivity index (χ0) is 27.0. The SMILES string of the molecule is COc1cc2c(cc1OC)-c1c(-c3cccs3)cc(C(=O)N3CCCC(NC(=O)OC(C)(C)C)C3)n1CC2. The highest BCUT2D eigenvalue weighted by atomic mass is 32.1. The molecule has 2 aliphatic rings. The van der Waals surface area contributed by atoms with Crippen molar-refractivity contribution >= 4 is 23.3 Å². The number of aromatic nitrogens is 1. The molecule has 38 heavy (non-hydrogen) atoms. The number of methoxy groups -OCH3 is 2. The van der Waals surface area contributed by atoms with Crippen molar-refractivity contribution in [1.82, 2.24) is 14.8 Å². The van der Waals surface area contributed by atoms with Crippen molar-refractivity contribution in [2.24, 2.45) is 0 Å². The zero-order valence-corrected chi connectivity index (χ0v) is 23.4. The fourth-order valence-corrected chi connectivity index (χ4v) is 6.11. The van der Waals surface area contributed by atoms with E-state index in [9.17, 15) is 9.59 Å². The number of amides is 2. The molecule has 5 rings (SSSR count). The number of hydrogen-bond donors (Lipinski definition) is 1. The summed E-state index contributed by atoms with van der Waals surface area (Å²) in [5.74, 6) is 1.35. The van der Waals surface area contributed by atoms with Gasteiger partial charge in [0.2, 0.25) is 0 Å². The van der Waals surface area contributed by atoms with Gasteiger partial charge in [-0.3, -0.25) is 4.79 Å². The van der Waals surface area contributed by atoms with E-state index in [1.54, 1.807) is 25.6 Å². The third kappa shape index (κ3) is 5.12. The molecule has 4 heterocycles. The molecule has 1 atom stereocenters. The Hall–Kier alpha value is -3.46. The van der Waals surface area contributed by atoms with Gasteiger partial charge in [0, 0.05) is 41.7 Å². The lowest BCUT2D eigenvalue weighted by molar-refractivity contribution is 0.0450. The number of aryl methyl sites for hydroxylation is 1. The van der Waals surface area contributed by atoms with Gasteiger partial charge in [0.1, 0.15) is 11.3 Å². The normalized spacial score (nSPS) is 16.9. The Balaban J connectivity index is 1.48. The van der Waals surface area contributed by atoms with Gasteiger partial charge in [-0.05, 0) is 75.2 Å². The number of likely N-dealkylation sites (tertiary alicyclic amines) is 1. The molecule has 8 nitrogen and oxygen atoms in total. The Morgan fingerprint density at radius 2 is 1.82 bits per heavy atom. The van der Waals surface area contributed by atoms with Crippen LogP contribution < -0.4 is 14.8 Å². The van der Waals surface area contributed by atoms with E-state index in [2.05, 4.69) is 21.3 Å². The summed E-state index contributed by atoms with van der Waals surface area (Å²) in [6.07, 6.45) is 1.96. The molecule has 1 aromatic carbocycles. The summed E-state index contributed by atoms with van der Waals surface area (Å²) in [4.78, 5) is 29.3. The molecule has 0 radical (unpaired) electrons. The van der Waals surface area contributed by atoms with Crippen molar-refractivity contribution in [2.75, 3.05) is 27.3 Å². The minimum absolute atomic E-state index is 0.0197. The predicted molar refractivity (Wildman–Crippen MR) is 148 cm³/mol. The van der Waals surface area contributed by atoms with E-state index >= 15 is 0 Å². The number of thiophene rings is 1. The lowest BCUT2D eigenvalue weighted by Gasteiger charge is -2.34. The van der Waals surface area contributed by atoms with E-state index in [1.165, 1.54) is 5.56 Å². The molecule has 3 aromatic rings. The summed E-state index contributed by atoms with van der Waals surface area (Å²) >= 11 is 1.66.